The highest BCUT2D eigenvalue weighted by molar-refractivity contribution is 8.22. The molecule has 0 amide bonds. The zero-order chi connectivity index (χ0) is 12.1. The van der Waals surface area contributed by atoms with E-state index in [1.165, 1.54) is 37.0 Å². The van der Waals surface area contributed by atoms with E-state index >= 15 is 0 Å². The molecule has 0 bridgehead atoms. The first-order valence-corrected chi connectivity index (χ1v) is 7.49. The molecular formula is C14H19NS2. The van der Waals surface area contributed by atoms with Crippen molar-refractivity contribution in [1.82, 2.24) is 4.90 Å². The molecule has 0 radical (unpaired) electrons. The predicted octanol–water partition coefficient (Wildman–Crippen LogP) is 4.33. The predicted molar refractivity (Wildman–Crippen MR) is 79.5 cm³/mol. The third-order valence-corrected chi connectivity index (χ3v) is 4.87. The molecule has 1 nitrogen and oxygen atoms in total. The molecule has 1 aliphatic carbocycles. The van der Waals surface area contributed by atoms with Gasteiger partial charge in [0.05, 0.1) is 0 Å². The maximum atomic E-state index is 5.53. The van der Waals surface area contributed by atoms with Gasteiger partial charge in [0.25, 0.3) is 0 Å². The van der Waals surface area contributed by atoms with Crippen LogP contribution < -0.4 is 0 Å². The number of thiocarbonyl (C=S) groups is 1. The highest BCUT2D eigenvalue weighted by Gasteiger charge is 2.20. The van der Waals surface area contributed by atoms with E-state index in [0.717, 1.165) is 4.32 Å². The summed E-state index contributed by atoms with van der Waals surface area (Å²) in [6.07, 6.45) is 6.70. The SMILES string of the molecule is CN(C(=S)Sc1ccccc1)C1CCCCC1. The van der Waals surface area contributed by atoms with E-state index in [1.54, 1.807) is 11.8 Å². The summed E-state index contributed by atoms with van der Waals surface area (Å²) < 4.78 is 1.00. The molecule has 3 heteroatoms. The summed E-state index contributed by atoms with van der Waals surface area (Å²) >= 11 is 7.23. The minimum Gasteiger partial charge on any atom is -0.357 e. The molecule has 0 aliphatic heterocycles. The molecule has 0 aromatic heterocycles. The molecule has 1 aromatic rings. The molecule has 0 spiro atoms. The number of hydrogen-bond donors (Lipinski definition) is 0. The molecular weight excluding hydrogens is 246 g/mol. The topological polar surface area (TPSA) is 3.24 Å². The molecule has 2 rings (SSSR count). The number of thioether (sulfide) groups is 1. The number of rotatable bonds is 2. The summed E-state index contributed by atoms with van der Waals surface area (Å²) in [5.74, 6) is 0. The molecule has 0 N–H and O–H groups in total. The van der Waals surface area contributed by atoms with E-state index in [1.807, 2.05) is 6.07 Å². The van der Waals surface area contributed by atoms with E-state index in [2.05, 4.69) is 36.2 Å². The number of nitrogens with zero attached hydrogens (tertiary/aromatic N) is 1. The quantitative estimate of drug-likeness (QED) is 0.579. The van der Waals surface area contributed by atoms with Gasteiger partial charge in [-0.25, -0.2) is 0 Å². The van der Waals surface area contributed by atoms with Crippen molar-refractivity contribution in [2.45, 2.75) is 43.0 Å². The van der Waals surface area contributed by atoms with Crippen LogP contribution in [0.1, 0.15) is 32.1 Å². The van der Waals surface area contributed by atoms with Gasteiger partial charge in [-0.3, -0.25) is 0 Å². The van der Waals surface area contributed by atoms with Crippen LogP contribution >= 0.6 is 24.0 Å². The van der Waals surface area contributed by atoms with Crippen molar-refractivity contribution in [3.63, 3.8) is 0 Å². The van der Waals surface area contributed by atoms with Crippen LogP contribution in [-0.4, -0.2) is 22.3 Å². The first-order valence-electron chi connectivity index (χ1n) is 6.27. The van der Waals surface area contributed by atoms with Crippen LogP contribution in [-0.2, 0) is 0 Å². The largest absolute Gasteiger partial charge is 0.357 e. The fourth-order valence-corrected chi connectivity index (χ4v) is 3.50. The van der Waals surface area contributed by atoms with Gasteiger partial charge < -0.3 is 4.90 Å². The van der Waals surface area contributed by atoms with Gasteiger partial charge in [-0.05, 0) is 25.0 Å². The lowest BCUT2D eigenvalue weighted by molar-refractivity contribution is 0.285. The van der Waals surface area contributed by atoms with Crippen molar-refractivity contribution >= 4 is 28.3 Å². The zero-order valence-electron chi connectivity index (χ0n) is 10.3. The fourth-order valence-electron chi connectivity index (χ4n) is 2.28. The molecule has 17 heavy (non-hydrogen) atoms. The lowest BCUT2D eigenvalue weighted by Gasteiger charge is -2.32. The third kappa shape index (κ3) is 3.71. The molecule has 1 aliphatic rings. The normalized spacial score (nSPS) is 16.8. The fraction of sp³-hybridized carbons (Fsp3) is 0.500. The zero-order valence-corrected chi connectivity index (χ0v) is 11.9. The van der Waals surface area contributed by atoms with Crippen LogP contribution in [0, 0.1) is 0 Å². The van der Waals surface area contributed by atoms with Gasteiger partial charge in [-0.1, -0.05) is 61.4 Å². The Morgan fingerprint density at radius 1 is 1.18 bits per heavy atom. The monoisotopic (exact) mass is 265 g/mol. The summed E-state index contributed by atoms with van der Waals surface area (Å²) in [5.41, 5.74) is 0. The van der Waals surface area contributed by atoms with Crippen molar-refractivity contribution in [2.24, 2.45) is 0 Å². The van der Waals surface area contributed by atoms with E-state index in [9.17, 15) is 0 Å². The molecule has 0 heterocycles. The Hall–Kier alpha value is -0.540. The first kappa shape index (κ1) is 12.9. The number of hydrogen-bond acceptors (Lipinski definition) is 2. The molecule has 0 saturated heterocycles. The Labute approximate surface area is 114 Å². The summed E-state index contributed by atoms with van der Waals surface area (Å²) in [6.45, 7) is 0. The molecule has 92 valence electrons. The molecule has 1 saturated carbocycles. The third-order valence-electron chi connectivity index (χ3n) is 3.36. The minimum absolute atomic E-state index is 0.660. The average Bonchev–Trinajstić information content (AvgIpc) is 2.40. The Morgan fingerprint density at radius 3 is 2.47 bits per heavy atom. The Balaban J connectivity index is 1.90. The Morgan fingerprint density at radius 2 is 1.82 bits per heavy atom. The van der Waals surface area contributed by atoms with E-state index in [4.69, 9.17) is 12.2 Å². The van der Waals surface area contributed by atoms with Gasteiger partial charge in [0, 0.05) is 18.0 Å². The summed E-state index contributed by atoms with van der Waals surface area (Å²) in [6, 6.07) is 11.1. The first-order chi connectivity index (χ1) is 8.27. The van der Waals surface area contributed by atoms with E-state index in [0.29, 0.717) is 6.04 Å². The molecule has 1 aromatic carbocycles. The van der Waals surface area contributed by atoms with Crippen LogP contribution in [0.4, 0.5) is 0 Å². The van der Waals surface area contributed by atoms with Crippen LogP contribution in [0.15, 0.2) is 35.2 Å². The van der Waals surface area contributed by atoms with Crippen molar-refractivity contribution in [3.8, 4) is 0 Å². The molecule has 1 fully saturated rings. The standard InChI is InChI=1S/C14H19NS2/c1-15(12-8-4-2-5-9-12)14(16)17-13-10-6-3-7-11-13/h3,6-7,10-12H,2,4-5,8-9H2,1H3. The second kappa shape index (κ2) is 6.41. The lowest BCUT2D eigenvalue weighted by atomic mass is 9.95. The average molecular weight is 265 g/mol. The van der Waals surface area contributed by atoms with Crippen molar-refractivity contribution < 1.29 is 0 Å². The van der Waals surface area contributed by atoms with Gasteiger partial charge in [-0.2, -0.15) is 0 Å². The van der Waals surface area contributed by atoms with E-state index in [-0.39, 0.29) is 0 Å². The van der Waals surface area contributed by atoms with Crippen LogP contribution in [0.3, 0.4) is 0 Å². The van der Waals surface area contributed by atoms with Gasteiger partial charge in [-0.15, -0.1) is 0 Å². The number of benzene rings is 1. The highest BCUT2D eigenvalue weighted by atomic mass is 32.2. The molecule has 0 atom stereocenters. The van der Waals surface area contributed by atoms with Crippen molar-refractivity contribution in [1.29, 1.82) is 0 Å². The van der Waals surface area contributed by atoms with Gasteiger partial charge in [0.15, 0.2) is 0 Å². The second-order valence-electron chi connectivity index (χ2n) is 4.58. The van der Waals surface area contributed by atoms with Gasteiger partial charge in [0.2, 0.25) is 0 Å². The van der Waals surface area contributed by atoms with E-state index < -0.39 is 0 Å². The summed E-state index contributed by atoms with van der Waals surface area (Å²) in [4.78, 5) is 3.53. The Kier molecular flexibility index (Phi) is 4.86. The van der Waals surface area contributed by atoms with Crippen molar-refractivity contribution in [2.75, 3.05) is 7.05 Å². The summed E-state index contributed by atoms with van der Waals surface area (Å²) in [7, 11) is 2.15. The van der Waals surface area contributed by atoms with Gasteiger partial charge >= 0.3 is 0 Å². The maximum absolute atomic E-state index is 5.53. The Bertz CT molecular complexity index is 358. The minimum atomic E-state index is 0.660. The van der Waals surface area contributed by atoms with Gasteiger partial charge in [0.1, 0.15) is 4.32 Å². The second-order valence-corrected chi connectivity index (χ2v) is 6.29. The highest BCUT2D eigenvalue weighted by Crippen LogP contribution is 2.27. The molecule has 0 unspecified atom stereocenters. The van der Waals surface area contributed by atoms with Crippen molar-refractivity contribution in [3.05, 3.63) is 30.3 Å². The van der Waals surface area contributed by atoms with Crippen LogP contribution in [0.25, 0.3) is 0 Å². The van der Waals surface area contributed by atoms with Crippen LogP contribution in [0.5, 0.6) is 0 Å². The smallest absolute Gasteiger partial charge is 0.141 e. The lowest BCUT2D eigenvalue weighted by Crippen LogP contribution is -2.35. The summed E-state index contributed by atoms with van der Waals surface area (Å²) in [5, 5.41) is 0. The van der Waals surface area contributed by atoms with Crippen LogP contribution in [0.2, 0.25) is 0 Å². The maximum Gasteiger partial charge on any atom is 0.141 e.